The molecule has 0 heterocycles. The Kier molecular flexibility index (Phi) is 294. The number of hydrogen-bond donors (Lipinski definition) is 1. The van der Waals surface area contributed by atoms with Crippen LogP contribution in [-0.4, -0.2) is 6.41 Å². The molecule has 0 radical (unpaired) electrons. The molecular weight excluding hydrogens is 80.0 g/mol. The zero-order valence-electron chi connectivity index (χ0n) is 2.32. The first-order valence-electron chi connectivity index (χ1n) is 0.712. The average Bonchev–Trinajstić information content (AvgIpc) is 1.46. The number of primary amides is 1. The van der Waals surface area contributed by atoms with Gasteiger partial charge in [-0.25, -0.2) is 0 Å². The van der Waals surface area contributed by atoms with Crippen molar-refractivity contribution >= 4 is 6.41 Å². The van der Waals surface area contributed by atoms with Gasteiger partial charge in [0.1, 0.15) is 0 Å². The van der Waals surface area contributed by atoms with Crippen LogP contribution in [0.5, 0.6) is 0 Å². The van der Waals surface area contributed by atoms with E-state index in [2.05, 4.69) is 5.73 Å². The zero-order valence-corrected chi connectivity index (χ0v) is 2.32. The molecule has 0 saturated heterocycles. The molecule has 0 rings (SSSR count). The second-order valence-electron chi connectivity index (χ2n) is 0.136. The third-order valence-corrected chi connectivity index (χ3v) is 0. The van der Waals surface area contributed by atoms with E-state index in [0.29, 0.717) is 0 Å². The van der Waals surface area contributed by atoms with Crippen molar-refractivity contribution in [2.24, 2.45) is 5.73 Å². The molecule has 4 heteroatoms. The summed E-state index contributed by atoms with van der Waals surface area (Å²) in [6.07, 6.45) is 0.250. The van der Waals surface area contributed by atoms with Gasteiger partial charge in [-0.15, -0.1) is 0 Å². The van der Waals surface area contributed by atoms with E-state index in [4.69, 9.17) is 13.9 Å². The fourth-order valence-electron chi connectivity index (χ4n) is 0. The van der Waals surface area contributed by atoms with Crippen LogP contribution in [-0.2, 0) is 4.79 Å². The molecule has 0 fully saturated rings. The van der Waals surface area contributed by atoms with E-state index in [1.807, 2.05) is 0 Å². The van der Waals surface area contributed by atoms with Crippen molar-refractivity contribution in [1.82, 2.24) is 0 Å². The molecule has 0 aromatic heterocycles. The van der Waals surface area contributed by atoms with Crippen molar-refractivity contribution in [3.8, 4) is 0 Å². The minimum absolute atomic E-state index is 0.250. The first-order valence-corrected chi connectivity index (χ1v) is 0.712. The van der Waals surface area contributed by atoms with Crippen molar-refractivity contribution < 1.29 is 13.9 Å². The Bertz CT molecular complexity index is 17.1. The number of rotatable bonds is 0. The maximum Gasteiger partial charge on any atom is 0.204 e. The predicted molar refractivity (Wildman–Crippen MR) is 12.5 cm³/mol. The lowest BCUT2D eigenvalue weighted by Gasteiger charge is -1.32. The minimum atomic E-state index is 0.250. The largest absolute Gasteiger partial charge is 0.372 e. The molecule has 0 spiro atoms. The van der Waals surface area contributed by atoms with Crippen LogP contribution in [0.2, 0.25) is 0 Å². The second kappa shape index (κ2) is 166. The van der Waals surface area contributed by atoms with Crippen LogP contribution in [0, 0.1) is 0 Å². The standard InChI is InChI=1S/CH3NO.F2/c2-1-3;1-2/h1H,(H2,2,3);. The third-order valence-electron chi connectivity index (χ3n) is 0. The summed E-state index contributed by atoms with van der Waals surface area (Å²) in [6, 6.07) is 0. The quantitative estimate of drug-likeness (QED) is 0.409. The summed E-state index contributed by atoms with van der Waals surface area (Å²) < 4.78 is 16.0. The van der Waals surface area contributed by atoms with Gasteiger partial charge in [0.05, 0.1) is 0 Å². The molecule has 0 aliphatic carbocycles. The Hall–Kier alpha value is -0.670. The van der Waals surface area contributed by atoms with E-state index in [-0.39, 0.29) is 6.41 Å². The fourth-order valence-corrected chi connectivity index (χ4v) is 0. The van der Waals surface area contributed by atoms with Crippen LogP contribution in [0.1, 0.15) is 0 Å². The topological polar surface area (TPSA) is 43.1 Å². The van der Waals surface area contributed by atoms with Gasteiger partial charge in [-0.1, -0.05) is 0 Å². The Morgan fingerprint density at radius 2 is 1.60 bits per heavy atom. The number of hydrogen-bond acceptors (Lipinski definition) is 1. The summed E-state index contributed by atoms with van der Waals surface area (Å²) >= 11 is 0. The van der Waals surface area contributed by atoms with Gasteiger partial charge < -0.3 is 5.73 Å². The molecule has 1 amide bonds. The van der Waals surface area contributed by atoms with Crippen LogP contribution in [0.15, 0.2) is 0 Å². The van der Waals surface area contributed by atoms with E-state index < -0.39 is 0 Å². The van der Waals surface area contributed by atoms with Crippen molar-refractivity contribution in [3.05, 3.63) is 0 Å². The van der Waals surface area contributed by atoms with Gasteiger partial charge in [0, 0.05) is 9.15 Å². The zero-order chi connectivity index (χ0) is 4.71. The monoisotopic (exact) mass is 83.0 g/mol. The van der Waals surface area contributed by atoms with Crippen LogP contribution >= 0.6 is 0 Å². The van der Waals surface area contributed by atoms with E-state index in [0.717, 1.165) is 0 Å². The third kappa shape index (κ3) is 13.1. The summed E-state index contributed by atoms with van der Waals surface area (Å²) in [7, 11) is 0. The smallest absolute Gasteiger partial charge is 0.204 e. The van der Waals surface area contributed by atoms with Gasteiger partial charge in [0.15, 0.2) is 0 Å². The molecule has 0 atom stereocenters. The second-order valence-corrected chi connectivity index (χ2v) is 0.136. The van der Waals surface area contributed by atoms with Gasteiger partial charge in [-0.05, 0) is 0 Å². The number of nitrogens with two attached hydrogens (primary N) is 1. The molecule has 0 unspecified atom stereocenters. The van der Waals surface area contributed by atoms with Crippen LogP contribution in [0.4, 0.5) is 9.15 Å². The van der Waals surface area contributed by atoms with Crippen LogP contribution in [0.3, 0.4) is 0 Å². The highest BCUT2D eigenvalue weighted by Crippen LogP contribution is 1.42. The van der Waals surface area contributed by atoms with E-state index in [1.54, 1.807) is 0 Å². The molecule has 0 aromatic carbocycles. The number of carbonyl (C=O) groups excluding carboxylic acids is 1. The lowest BCUT2D eigenvalue weighted by Crippen LogP contribution is -1.82. The van der Waals surface area contributed by atoms with Gasteiger partial charge in [0.2, 0.25) is 6.41 Å². The average molecular weight is 83.0 g/mol. The molecule has 2 nitrogen and oxygen atoms in total. The molecule has 0 aliphatic rings. The van der Waals surface area contributed by atoms with Crippen molar-refractivity contribution in [2.75, 3.05) is 0 Å². The normalized spacial score (nSPS) is 3.60. The highest BCUT2D eigenvalue weighted by molar-refractivity contribution is 5.42. The molecule has 0 bridgehead atoms. The Labute approximate surface area is 27.4 Å². The first kappa shape index (κ1) is 8.84. The van der Waals surface area contributed by atoms with Crippen molar-refractivity contribution in [3.63, 3.8) is 0 Å². The van der Waals surface area contributed by atoms with Crippen molar-refractivity contribution in [2.45, 2.75) is 0 Å². The summed E-state index contributed by atoms with van der Waals surface area (Å²) in [6.45, 7) is 0. The summed E-state index contributed by atoms with van der Waals surface area (Å²) in [5, 5.41) is 0. The Morgan fingerprint density at radius 1 is 1.60 bits per heavy atom. The lowest BCUT2D eigenvalue weighted by atomic mass is 11.5. The maximum atomic E-state index is 8.58. The lowest BCUT2D eigenvalue weighted by molar-refractivity contribution is -0.106. The van der Waals surface area contributed by atoms with E-state index in [9.17, 15) is 0 Å². The molecule has 2 N–H and O–H groups in total. The highest BCUT2D eigenvalue weighted by atomic mass is 20.0. The fraction of sp³-hybridized carbons (Fsp3) is 0. The van der Waals surface area contributed by atoms with E-state index >= 15 is 0 Å². The van der Waals surface area contributed by atoms with Gasteiger partial charge in [-0.3, -0.25) is 4.79 Å². The van der Waals surface area contributed by atoms with Gasteiger partial charge in [-0.2, -0.15) is 0 Å². The van der Waals surface area contributed by atoms with Crippen molar-refractivity contribution in [1.29, 1.82) is 0 Å². The highest BCUT2D eigenvalue weighted by Gasteiger charge is 1.19. The van der Waals surface area contributed by atoms with Crippen LogP contribution < -0.4 is 5.73 Å². The molecule has 32 valence electrons. The summed E-state index contributed by atoms with van der Waals surface area (Å²) in [4.78, 5) is 8.58. The summed E-state index contributed by atoms with van der Waals surface area (Å²) in [5.74, 6) is 0. The molecular formula is CH3F2NO. The molecule has 5 heavy (non-hydrogen) atoms. The predicted octanol–water partition coefficient (Wildman–Crippen LogP) is -0.0581. The molecule has 0 aromatic rings. The van der Waals surface area contributed by atoms with E-state index in [1.165, 1.54) is 0 Å². The Balaban J connectivity index is 0. The number of amides is 1. The van der Waals surface area contributed by atoms with Crippen LogP contribution in [0.25, 0.3) is 0 Å². The molecule has 0 saturated carbocycles. The first-order chi connectivity index (χ1) is 2.41. The number of halogens is 2. The summed E-state index contributed by atoms with van der Waals surface area (Å²) in [5.41, 5.74) is 4.17. The SMILES string of the molecule is FF.NC=O. The minimum Gasteiger partial charge on any atom is -0.372 e. The Morgan fingerprint density at radius 3 is 1.60 bits per heavy atom. The number of carbonyl (C=O) groups is 1. The van der Waals surface area contributed by atoms with Gasteiger partial charge in [0.25, 0.3) is 0 Å². The van der Waals surface area contributed by atoms with Gasteiger partial charge >= 0.3 is 0 Å². The molecule has 0 aliphatic heterocycles. The maximum absolute atomic E-state index is 8.58.